The molecule has 1 aliphatic carbocycles. The maximum Gasteiger partial charge on any atom is 0.251 e. The number of fused-ring (bicyclic) bond motifs is 1. The van der Waals surface area contributed by atoms with Gasteiger partial charge in [0.1, 0.15) is 12.6 Å². The van der Waals surface area contributed by atoms with E-state index in [2.05, 4.69) is 10.5 Å². The van der Waals surface area contributed by atoms with E-state index in [4.69, 9.17) is 9.26 Å². The van der Waals surface area contributed by atoms with Crippen molar-refractivity contribution in [1.82, 2.24) is 10.1 Å². The second-order valence-electron chi connectivity index (χ2n) is 6.67. The number of carbonyl (C=O) groups excluding carboxylic acids is 2. The summed E-state index contributed by atoms with van der Waals surface area (Å²) < 4.78 is 10.7. The molecule has 1 aromatic heterocycles. The van der Waals surface area contributed by atoms with E-state index in [0.717, 1.165) is 42.5 Å². The van der Waals surface area contributed by atoms with Crippen LogP contribution in [-0.2, 0) is 33.7 Å². The van der Waals surface area contributed by atoms with Gasteiger partial charge >= 0.3 is 0 Å². The number of rotatable bonds is 4. The molecule has 1 atom stereocenters. The molecule has 2 heterocycles. The molecule has 7 heteroatoms. The molecule has 0 radical (unpaired) electrons. The zero-order chi connectivity index (χ0) is 17.9. The highest BCUT2D eigenvalue weighted by molar-refractivity contribution is 5.97. The highest BCUT2D eigenvalue weighted by Crippen LogP contribution is 2.28. The van der Waals surface area contributed by atoms with E-state index >= 15 is 0 Å². The van der Waals surface area contributed by atoms with Gasteiger partial charge < -0.3 is 14.2 Å². The highest BCUT2D eigenvalue weighted by Gasteiger charge is 2.35. The predicted octanol–water partition coefficient (Wildman–Crippen LogP) is 1.92. The second kappa shape index (κ2) is 7.29. The topological polar surface area (TPSA) is 84.7 Å². The third kappa shape index (κ3) is 3.35. The lowest BCUT2D eigenvalue weighted by Gasteiger charge is -2.34. The number of aromatic nitrogens is 1. The van der Waals surface area contributed by atoms with Crippen molar-refractivity contribution < 1.29 is 18.8 Å². The van der Waals surface area contributed by atoms with E-state index in [0.29, 0.717) is 12.4 Å². The quantitative estimate of drug-likeness (QED) is 0.906. The molecule has 1 aliphatic heterocycles. The van der Waals surface area contributed by atoms with Crippen molar-refractivity contribution in [3.8, 4) is 0 Å². The van der Waals surface area contributed by atoms with Crippen LogP contribution >= 0.6 is 0 Å². The lowest BCUT2D eigenvalue weighted by Crippen LogP contribution is -2.54. The van der Waals surface area contributed by atoms with Gasteiger partial charge in [-0.05, 0) is 31.2 Å². The van der Waals surface area contributed by atoms with Gasteiger partial charge in [0.15, 0.2) is 0 Å². The number of morpholine rings is 1. The van der Waals surface area contributed by atoms with Crippen LogP contribution < -0.4 is 5.32 Å². The largest absolute Gasteiger partial charge is 0.369 e. The summed E-state index contributed by atoms with van der Waals surface area (Å²) in [6.45, 7) is 0.532. The molecule has 2 amide bonds. The van der Waals surface area contributed by atoms with Gasteiger partial charge in [0.05, 0.1) is 12.3 Å². The third-order valence-corrected chi connectivity index (χ3v) is 4.89. The van der Waals surface area contributed by atoms with Crippen molar-refractivity contribution in [3.05, 3.63) is 47.2 Å². The molecule has 1 aromatic carbocycles. The molecule has 2 aromatic rings. The summed E-state index contributed by atoms with van der Waals surface area (Å²) in [5, 5.41) is 6.87. The van der Waals surface area contributed by atoms with E-state index in [9.17, 15) is 9.59 Å². The first-order valence-corrected chi connectivity index (χ1v) is 8.92. The number of benzene rings is 1. The summed E-state index contributed by atoms with van der Waals surface area (Å²) in [6, 6.07) is 8.92. The number of carbonyl (C=O) groups is 2. The highest BCUT2D eigenvalue weighted by atomic mass is 16.5. The number of hydrogen-bond acceptors (Lipinski definition) is 5. The maximum atomic E-state index is 12.8. The van der Waals surface area contributed by atoms with E-state index in [-0.39, 0.29) is 25.0 Å². The fourth-order valence-electron chi connectivity index (χ4n) is 3.48. The van der Waals surface area contributed by atoms with Crippen LogP contribution in [0.3, 0.4) is 0 Å². The molecule has 136 valence electrons. The molecule has 0 bridgehead atoms. The molecule has 1 saturated heterocycles. The molecule has 4 rings (SSSR count). The number of nitrogens with zero attached hydrogens (tertiary/aromatic N) is 2. The Bertz CT molecular complexity index is 802. The van der Waals surface area contributed by atoms with Crippen molar-refractivity contribution in [2.45, 2.75) is 38.3 Å². The minimum atomic E-state index is -0.694. The number of nitrogens with one attached hydrogen (secondary N) is 1. The van der Waals surface area contributed by atoms with Crippen molar-refractivity contribution in [2.75, 3.05) is 18.5 Å². The normalized spacial score (nSPS) is 19.9. The molecular weight excluding hydrogens is 334 g/mol. The summed E-state index contributed by atoms with van der Waals surface area (Å²) in [6.07, 6.45) is 3.87. The number of amides is 2. The molecule has 1 fully saturated rings. The van der Waals surface area contributed by atoms with Crippen LogP contribution in [0.1, 0.15) is 29.7 Å². The monoisotopic (exact) mass is 355 g/mol. The SMILES string of the molecule is O=C(Nc1onc2c1CCCC2)[C@H]1COCC(=O)N1Cc1ccccc1. The molecule has 0 spiro atoms. The summed E-state index contributed by atoms with van der Waals surface area (Å²) in [5.41, 5.74) is 2.86. The summed E-state index contributed by atoms with van der Waals surface area (Å²) in [7, 11) is 0. The first-order valence-electron chi connectivity index (χ1n) is 8.92. The van der Waals surface area contributed by atoms with Gasteiger partial charge in [-0.2, -0.15) is 0 Å². The van der Waals surface area contributed by atoms with E-state index < -0.39 is 6.04 Å². The minimum absolute atomic E-state index is 0.00564. The molecule has 0 unspecified atom stereocenters. The Kier molecular flexibility index (Phi) is 4.71. The first-order chi connectivity index (χ1) is 12.7. The Morgan fingerprint density at radius 1 is 1.23 bits per heavy atom. The molecule has 0 saturated carbocycles. The summed E-state index contributed by atoms with van der Waals surface area (Å²) >= 11 is 0. The van der Waals surface area contributed by atoms with Gasteiger partial charge in [-0.15, -0.1) is 0 Å². The Labute approximate surface area is 151 Å². The predicted molar refractivity (Wildman–Crippen MR) is 93.4 cm³/mol. The van der Waals surface area contributed by atoms with Gasteiger partial charge in [0, 0.05) is 12.1 Å². The number of aryl methyl sites for hydroxylation is 1. The molecule has 2 aliphatic rings. The van der Waals surface area contributed by atoms with Gasteiger partial charge in [-0.3, -0.25) is 14.9 Å². The molecular formula is C19H21N3O4. The second-order valence-corrected chi connectivity index (χ2v) is 6.67. The van der Waals surface area contributed by atoms with Gasteiger partial charge in [-0.1, -0.05) is 35.5 Å². The maximum absolute atomic E-state index is 12.8. The zero-order valence-corrected chi connectivity index (χ0v) is 14.4. The molecule has 1 N–H and O–H groups in total. The van der Waals surface area contributed by atoms with Gasteiger partial charge in [0.25, 0.3) is 5.91 Å². The number of anilines is 1. The van der Waals surface area contributed by atoms with Crippen LogP contribution in [0.4, 0.5) is 5.88 Å². The lowest BCUT2D eigenvalue weighted by atomic mass is 9.97. The van der Waals surface area contributed by atoms with Crippen LogP contribution in [0.5, 0.6) is 0 Å². The van der Waals surface area contributed by atoms with Crippen LogP contribution in [0.25, 0.3) is 0 Å². The fraction of sp³-hybridized carbons (Fsp3) is 0.421. The van der Waals surface area contributed by atoms with Crippen molar-refractivity contribution in [3.63, 3.8) is 0 Å². The van der Waals surface area contributed by atoms with E-state index in [1.807, 2.05) is 30.3 Å². The average Bonchev–Trinajstić information content (AvgIpc) is 3.07. The summed E-state index contributed by atoms with van der Waals surface area (Å²) in [5.74, 6) is -0.0965. The van der Waals surface area contributed by atoms with Crippen molar-refractivity contribution in [2.24, 2.45) is 0 Å². The zero-order valence-electron chi connectivity index (χ0n) is 14.4. The summed E-state index contributed by atoms with van der Waals surface area (Å²) in [4.78, 5) is 26.7. The first kappa shape index (κ1) is 16.8. The molecule has 7 nitrogen and oxygen atoms in total. The Balaban J connectivity index is 1.51. The van der Waals surface area contributed by atoms with Crippen LogP contribution in [0.15, 0.2) is 34.9 Å². The smallest absolute Gasteiger partial charge is 0.251 e. The standard InChI is InChI=1S/C19H21N3O4/c23-17-12-25-11-16(22(17)10-13-6-2-1-3-7-13)18(24)20-19-14-8-4-5-9-15(14)21-26-19/h1-3,6-7,16H,4-5,8-12H2,(H,20,24)/t16-/m1/s1. The van der Waals surface area contributed by atoms with Crippen LogP contribution in [0, 0.1) is 0 Å². The molecule has 26 heavy (non-hydrogen) atoms. The van der Waals surface area contributed by atoms with Crippen molar-refractivity contribution >= 4 is 17.7 Å². The Morgan fingerprint density at radius 2 is 2.04 bits per heavy atom. The van der Waals surface area contributed by atoms with Crippen LogP contribution in [-0.4, -0.2) is 41.1 Å². The number of ether oxygens (including phenoxy) is 1. The third-order valence-electron chi connectivity index (χ3n) is 4.89. The minimum Gasteiger partial charge on any atom is -0.369 e. The fourth-order valence-corrected chi connectivity index (χ4v) is 3.48. The Morgan fingerprint density at radius 3 is 2.88 bits per heavy atom. The number of hydrogen-bond donors (Lipinski definition) is 1. The van der Waals surface area contributed by atoms with Gasteiger partial charge in [0.2, 0.25) is 11.8 Å². The van der Waals surface area contributed by atoms with Gasteiger partial charge in [-0.25, -0.2) is 0 Å². The van der Waals surface area contributed by atoms with Crippen molar-refractivity contribution in [1.29, 1.82) is 0 Å². The lowest BCUT2D eigenvalue weighted by molar-refractivity contribution is -0.154. The average molecular weight is 355 g/mol. The Hall–Kier alpha value is -2.67. The van der Waals surface area contributed by atoms with E-state index in [1.54, 1.807) is 4.90 Å². The van der Waals surface area contributed by atoms with Crippen LogP contribution in [0.2, 0.25) is 0 Å². The van der Waals surface area contributed by atoms with E-state index in [1.165, 1.54) is 0 Å².